The molecule has 0 unspecified atom stereocenters. The van der Waals surface area contributed by atoms with Gasteiger partial charge < -0.3 is 5.11 Å². The van der Waals surface area contributed by atoms with Crippen LogP contribution in [0, 0.1) is 0 Å². The molecule has 0 spiro atoms. The molecule has 1 N–H and O–H groups in total. The molecule has 0 bridgehead atoms. The monoisotopic (exact) mass is 191 g/mol. The first kappa shape index (κ1) is 9.69. The maximum atomic E-state index is 9.17. The third kappa shape index (κ3) is 2.14. The second kappa shape index (κ2) is 4.58. The minimum atomic E-state index is 0.157. The molecule has 1 aromatic carbocycles. The molecule has 2 heteroatoms. The number of aliphatic hydroxyl groups is 1. The Morgan fingerprint density at radius 3 is 2.36 bits per heavy atom. The van der Waals surface area contributed by atoms with Crippen LogP contribution in [-0.4, -0.2) is 23.1 Å². The van der Waals surface area contributed by atoms with E-state index in [9.17, 15) is 5.11 Å². The summed E-state index contributed by atoms with van der Waals surface area (Å²) in [6.07, 6.45) is 2.64. The van der Waals surface area contributed by atoms with Crippen LogP contribution in [0.25, 0.3) is 0 Å². The molecule has 2 nitrogen and oxygen atoms in total. The normalized spacial score (nSPS) is 17.5. The Kier molecular flexibility index (Phi) is 3.17. The van der Waals surface area contributed by atoms with Gasteiger partial charge in [0.25, 0.3) is 0 Å². The minimum absolute atomic E-state index is 0.157. The minimum Gasteiger partial charge on any atom is -0.392 e. The smallest absolute Gasteiger partial charge is 0.0685 e. The van der Waals surface area contributed by atoms with E-state index in [-0.39, 0.29) is 6.61 Å². The second-order valence-electron chi connectivity index (χ2n) is 3.91. The number of benzene rings is 1. The Balaban J connectivity index is 2.07. The van der Waals surface area contributed by atoms with Gasteiger partial charge in [0.05, 0.1) is 6.61 Å². The Hall–Kier alpha value is -0.860. The standard InChI is InChI=1S/C12H17NO/c14-10-12-6-2-1-5-11(12)9-13-7-3-4-8-13/h1-2,5-6,14H,3-4,7-10H2. The van der Waals surface area contributed by atoms with E-state index in [0.717, 1.165) is 12.1 Å². The van der Waals surface area contributed by atoms with Crippen molar-refractivity contribution >= 4 is 0 Å². The lowest BCUT2D eigenvalue weighted by molar-refractivity contribution is 0.275. The van der Waals surface area contributed by atoms with Gasteiger partial charge in [-0.25, -0.2) is 0 Å². The van der Waals surface area contributed by atoms with Crippen LogP contribution in [-0.2, 0) is 13.2 Å². The van der Waals surface area contributed by atoms with E-state index >= 15 is 0 Å². The van der Waals surface area contributed by atoms with E-state index in [4.69, 9.17) is 0 Å². The van der Waals surface area contributed by atoms with E-state index in [2.05, 4.69) is 11.0 Å². The highest BCUT2D eigenvalue weighted by atomic mass is 16.3. The van der Waals surface area contributed by atoms with E-state index < -0.39 is 0 Å². The van der Waals surface area contributed by atoms with Gasteiger partial charge >= 0.3 is 0 Å². The van der Waals surface area contributed by atoms with Crippen molar-refractivity contribution in [3.8, 4) is 0 Å². The van der Waals surface area contributed by atoms with Gasteiger partial charge in [0, 0.05) is 6.54 Å². The number of nitrogens with zero attached hydrogens (tertiary/aromatic N) is 1. The van der Waals surface area contributed by atoms with E-state index in [0.29, 0.717) is 0 Å². The Morgan fingerprint density at radius 1 is 1.07 bits per heavy atom. The molecule has 1 heterocycles. The van der Waals surface area contributed by atoms with Crippen molar-refractivity contribution < 1.29 is 5.11 Å². The Labute approximate surface area is 85.2 Å². The first-order valence-electron chi connectivity index (χ1n) is 5.30. The number of rotatable bonds is 3. The fourth-order valence-corrected chi connectivity index (χ4v) is 2.05. The summed E-state index contributed by atoms with van der Waals surface area (Å²) < 4.78 is 0. The van der Waals surface area contributed by atoms with Gasteiger partial charge in [-0.1, -0.05) is 24.3 Å². The summed E-state index contributed by atoms with van der Waals surface area (Å²) in [7, 11) is 0. The highest BCUT2D eigenvalue weighted by Gasteiger charge is 2.12. The summed E-state index contributed by atoms with van der Waals surface area (Å²) in [4.78, 5) is 2.45. The van der Waals surface area contributed by atoms with Gasteiger partial charge in [0.1, 0.15) is 0 Å². The lowest BCUT2D eigenvalue weighted by atomic mass is 10.1. The topological polar surface area (TPSA) is 23.5 Å². The van der Waals surface area contributed by atoms with Crippen molar-refractivity contribution in [2.75, 3.05) is 13.1 Å². The van der Waals surface area contributed by atoms with Crippen LogP contribution in [0.15, 0.2) is 24.3 Å². The third-order valence-corrected chi connectivity index (χ3v) is 2.88. The highest BCUT2D eigenvalue weighted by molar-refractivity contribution is 5.26. The highest BCUT2D eigenvalue weighted by Crippen LogP contribution is 2.15. The molecule has 0 aromatic heterocycles. The molecule has 14 heavy (non-hydrogen) atoms. The summed E-state index contributed by atoms with van der Waals surface area (Å²) in [6, 6.07) is 8.15. The van der Waals surface area contributed by atoms with E-state index in [1.54, 1.807) is 0 Å². The molecule has 0 amide bonds. The predicted molar refractivity (Wildman–Crippen MR) is 56.9 cm³/mol. The van der Waals surface area contributed by atoms with Crippen molar-refractivity contribution in [3.05, 3.63) is 35.4 Å². The molecule has 1 saturated heterocycles. The molecule has 2 rings (SSSR count). The van der Waals surface area contributed by atoms with Gasteiger partial charge in [0.2, 0.25) is 0 Å². The first-order chi connectivity index (χ1) is 6.90. The number of likely N-dealkylation sites (tertiary alicyclic amines) is 1. The van der Waals surface area contributed by atoms with Crippen LogP contribution in [0.4, 0.5) is 0 Å². The Morgan fingerprint density at radius 2 is 1.71 bits per heavy atom. The van der Waals surface area contributed by atoms with Crippen LogP contribution in [0.1, 0.15) is 24.0 Å². The molecule has 1 aliphatic rings. The van der Waals surface area contributed by atoms with E-state index in [1.165, 1.54) is 31.5 Å². The molecule has 0 atom stereocenters. The average molecular weight is 191 g/mol. The zero-order valence-corrected chi connectivity index (χ0v) is 8.45. The second-order valence-corrected chi connectivity index (χ2v) is 3.91. The van der Waals surface area contributed by atoms with Crippen LogP contribution in [0.2, 0.25) is 0 Å². The van der Waals surface area contributed by atoms with Gasteiger partial charge in [-0.2, -0.15) is 0 Å². The fourth-order valence-electron chi connectivity index (χ4n) is 2.05. The van der Waals surface area contributed by atoms with Gasteiger partial charge in [-0.15, -0.1) is 0 Å². The van der Waals surface area contributed by atoms with Gasteiger partial charge in [0.15, 0.2) is 0 Å². The summed E-state index contributed by atoms with van der Waals surface area (Å²) in [5.41, 5.74) is 2.34. The van der Waals surface area contributed by atoms with Crippen molar-refractivity contribution in [1.29, 1.82) is 0 Å². The van der Waals surface area contributed by atoms with Crippen molar-refractivity contribution in [2.24, 2.45) is 0 Å². The average Bonchev–Trinajstić information content (AvgIpc) is 2.71. The van der Waals surface area contributed by atoms with Crippen molar-refractivity contribution in [2.45, 2.75) is 26.0 Å². The number of aliphatic hydroxyl groups excluding tert-OH is 1. The molecule has 1 aliphatic heterocycles. The van der Waals surface area contributed by atoms with Gasteiger partial charge in [-0.3, -0.25) is 4.90 Å². The first-order valence-corrected chi connectivity index (χ1v) is 5.30. The maximum absolute atomic E-state index is 9.17. The predicted octanol–water partition coefficient (Wildman–Crippen LogP) is 1.77. The lowest BCUT2D eigenvalue weighted by Gasteiger charge is -2.16. The number of hydrogen-bond donors (Lipinski definition) is 1. The van der Waals surface area contributed by atoms with Crippen LogP contribution in [0.5, 0.6) is 0 Å². The quantitative estimate of drug-likeness (QED) is 0.787. The maximum Gasteiger partial charge on any atom is 0.0685 e. The molecule has 0 aliphatic carbocycles. The summed E-state index contributed by atoms with van der Waals surface area (Å²) in [5.74, 6) is 0. The molecule has 1 aromatic rings. The van der Waals surface area contributed by atoms with Crippen molar-refractivity contribution in [3.63, 3.8) is 0 Å². The third-order valence-electron chi connectivity index (χ3n) is 2.88. The lowest BCUT2D eigenvalue weighted by Crippen LogP contribution is -2.19. The molecule has 76 valence electrons. The number of hydrogen-bond acceptors (Lipinski definition) is 2. The Bertz CT molecular complexity index is 292. The van der Waals surface area contributed by atoms with Crippen LogP contribution >= 0.6 is 0 Å². The molecule has 0 radical (unpaired) electrons. The summed E-state index contributed by atoms with van der Waals surface area (Å²) in [5, 5.41) is 9.17. The zero-order chi connectivity index (χ0) is 9.80. The molecular weight excluding hydrogens is 174 g/mol. The fraction of sp³-hybridized carbons (Fsp3) is 0.500. The molecular formula is C12H17NO. The molecule has 0 saturated carbocycles. The van der Waals surface area contributed by atoms with Gasteiger partial charge in [-0.05, 0) is 37.1 Å². The SMILES string of the molecule is OCc1ccccc1CN1CCCC1. The summed E-state index contributed by atoms with van der Waals surface area (Å²) in [6.45, 7) is 3.57. The van der Waals surface area contributed by atoms with E-state index in [1.807, 2.05) is 18.2 Å². The van der Waals surface area contributed by atoms with Crippen LogP contribution < -0.4 is 0 Å². The van der Waals surface area contributed by atoms with Crippen molar-refractivity contribution in [1.82, 2.24) is 4.90 Å². The largest absolute Gasteiger partial charge is 0.392 e. The zero-order valence-electron chi connectivity index (χ0n) is 8.45. The summed E-state index contributed by atoms with van der Waals surface area (Å²) >= 11 is 0. The molecule has 1 fully saturated rings. The van der Waals surface area contributed by atoms with Crippen LogP contribution in [0.3, 0.4) is 0 Å².